The van der Waals surface area contributed by atoms with Crippen LogP contribution in [-0.2, 0) is 11.0 Å². The quantitative estimate of drug-likeness (QED) is 0.424. The second-order valence-electron chi connectivity index (χ2n) is 8.20. The molecule has 2 heterocycles. The lowest BCUT2D eigenvalue weighted by molar-refractivity contribution is 0.582. The van der Waals surface area contributed by atoms with E-state index in [0.29, 0.717) is 6.16 Å². The van der Waals surface area contributed by atoms with E-state index in [9.17, 15) is 8.96 Å². The molecule has 146 valence electrons. The van der Waals surface area contributed by atoms with Gasteiger partial charge in [0.15, 0.2) is 0 Å². The molecule has 0 aliphatic heterocycles. The van der Waals surface area contributed by atoms with Gasteiger partial charge in [0.05, 0.1) is 24.4 Å². The maximum atomic E-state index is 13.5. The van der Waals surface area contributed by atoms with E-state index in [0.717, 1.165) is 33.9 Å². The summed E-state index contributed by atoms with van der Waals surface area (Å²) in [4.78, 5) is 0. The summed E-state index contributed by atoms with van der Waals surface area (Å²) < 4.78 is 28.2. The first-order valence-electron chi connectivity index (χ1n) is 9.55. The van der Waals surface area contributed by atoms with Crippen LogP contribution in [0.4, 0.5) is 4.39 Å². The first kappa shape index (κ1) is 18.9. The van der Waals surface area contributed by atoms with Gasteiger partial charge in [-0.2, -0.15) is 5.10 Å². The van der Waals surface area contributed by atoms with Crippen LogP contribution in [0.5, 0.6) is 0 Å². The van der Waals surface area contributed by atoms with Crippen molar-refractivity contribution in [2.75, 3.05) is 19.5 Å². The molecule has 0 saturated carbocycles. The third-order valence-electron chi connectivity index (χ3n) is 5.20. The highest BCUT2D eigenvalue weighted by atomic mass is 31.2. The standard InChI is InChI=1S/C22H25FN3OP/c1-14(2)22-18(9-10-28(3,4)27)19-12-20-15(13-24-25-20)11-21(19)26(22)17-7-5-16(23)6-8-17/h5-8,11-14H,9-10H2,1-4H3,(H,24,25). The Morgan fingerprint density at radius 1 is 1.18 bits per heavy atom. The zero-order chi connectivity index (χ0) is 20.1. The van der Waals surface area contributed by atoms with Gasteiger partial charge in [0.2, 0.25) is 0 Å². The van der Waals surface area contributed by atoms with Gasteiger partial charge in [0, 0.05) is 28.3 Å². The van der Waals surface area contributed by atoms with Crippen molar-refractivity contribution in [2.45, 2.75) is 26.2 Å². The topological polar surface area (TPSA) is 50.7 Å². The zero-order valence-electron chi connectivity index (χ0n) is 16.7. The van der Waals surface area contributed by atoms with Crippen molar-refractivity contribution in [3.8, 4) is 5.69 Å². The molecule has 0 aliphatic carbocycles. The molecule has 0 unspecified atom stereocenters. The number of fused-ring (bicyclic) bond motifs is 2. The van der Waals surface area contributed by atoms with Crippen molar-refractivity contribution >= 4 is 28.9 Å². The Balaban J connectivity index is 2.05. The van der Waals surface area contributed by atoms with Crippen molar-refractivity contribution in [2.24, 2.45) is 0 Å². The van der Waals surface area contributed by atoms with Crippen LogP contribution in [0, 0.1) is 5.82 Å². The van der Waals surface area contributed by atoms with Crippen molar-refractivity contribution in [3.63, 3.8) is 0 Å². The zero-order valence-corrected chi connectivity index (χ0v) is 17.6. The maximum Gasteiger partial charge on any atom is 0.123 e. The molecular formula is C22H25FN3OP. The number of hydrogen-bond donors (Lipinski definition) is 1. The molecular weight excluding hydrogens is 372 g/mol. The van der Waals surface area contributed by atoms with E-state index >= 15 is 0 Å². The minimum absolute atomic E-state index is 0.248. The van der Waals surface area contributed by atoms with E-state index in [-0.39, 0.29) is 11.7 Å². The third-order valence-corrected chi connectivity index (χ3v) is 6.51. The van der Waals surface area contributed by atoms with Crippen LogP contribution in [0.3, 0.4) is 0 Å². The second-order valence-corrected chi connectivity index (χ2v) is 11.8. The predicted molar refractivity (Wildman–Crippen MR) is 115 cm³/mol. The Kier molecular flexibility index (Phi) is 4.67. The summed E-state index contributed by atoms with van der Waals surface area (Å²) in [6.45, 7) is 8.02. The highest BCUT2D eigenvalue weighted by Gasteiger charge is 2.22. The Labute approximate surface area is 164 Å². The summed E-state index contributed by atoms with van der Waals surface area (Å²) in [5.74, 6) is 0.0127. The third kappa shape index (κ3) is 3.40. The molecule has 4 aromatic rings. The number of hydrogen-bond acceptors (Lipinski definition) is 2. The summed E-state index contributed by atoms with van der Waals surface area (Å²) in [5.41, 5.74) is 5.39. The SMILES string of the molecule is CC(C)c1c(CCP(C)(C)=O)c2cc3[nH]ncc3cc2n1-c1ccc(F)cc1. The Bertz CT molecular complexity index is 1200. The molecule has 0 amide bonds. The van der Waals surface area contributed by atoms with Crippen LogP contribution >= 0.6 is 7.14 Å². The van der Waals surface area contributed by atoms with Gasteiger partial charge in [0.25, 0.3) is 0 Å². The molecule has 6 heteroatoms. The lowest BCUT2D eigenvalue weighted by Crippen LogP contribution is -2.05. The van der Waals surface area contributed by atoms with E-state index in [4.69, 9.17) is 0 Å². The van der Waals surface area contributed by atoms with Gasteiger partial charge in [-0.1, -0.05) is 13.8 Å². The van der Waals surface area contributed by atoms with Crippen LogP contribution in [-0.4, -0.2) is 34.3 Å². The molecule has 4 nitrogen and oxygen atoms in total. The normalized spacial score (nSPS) is 12.5. The average Bonchev–Trinajstić information content (AvgIpc) is 3.19. The molecule has 0 bridgehead atoms. The van der Waals surface area contributed by atoms with Crippen LogP contribution < -0.4 is 0 Å². The fraction of sp³-hybridized carbons (Fsp3) is 0.318. The molecule has 2 aromatic carbocycles. The van der Waals surface area contributed by atoms with Crippen molar-refractivity contribution in [1.29, 1.82) is 0 Å². The number of H-pyrrole nitrogens is 1. The monoisotopic (exact) mass is 397 g/mol. The largest absolute Gasteiger partial charge is 0.324 e. The van der Waals surface area contributed by atoms with Gasteiger partial charge in [0.1, 0.15) is 5.82 Å². The molecule has 0 aliphatic rings. The molecule has 0 fully saturated rings. The number of halogens is 1. The number of aromatic nitrogens is 3. The molecule has 0 saturated heterocycles. The number of rotatable bonds is 5. The smallest absolute Gasteiger partial charge is 0.123 e. The summed E-state index contributed by atoms with van der Waals surface area (Å²) in [7, 11) is -2.14. The Hall–Kier alpha value is -2.39. The summed E-state index contributed by atoms with van der Waals surface area (Å²) >= 11 is 0. The highest BCUT2D eigenvalue weighted by molar-refractivity contribution is 7.62. The molecule has 28 heavy (non-hydrogen) atoms. The van der Waals surface area contributed by atoms with Gasteiger partial charge < -0.3 is 9.13 Å². The first-order valence-corrected chi connectivity index (χ1v) is 12.3. The molecule has 0 atom stereocenters. The van der Waals surface area contributed by atoms with E-state index in [1.807, 2.05) is 31.7 Å². The van der Waals surface area contributed by atoms with E-state index < -0.39 is 7.14 Å². The van der Waals surface area contributed by atoms with Crippen LogP contribution in [0.2, 0.25) is 0 Å². The lowest BCUT2D eigenvalue weighted by atomic mass is 10.0. The molecule has 2 aromatic heterocycles. The number of aryl methyl sites for hydroxylation is 1. The van der Waals surface area contributed by atoms with Crippen LogP contribution in [0.15, 0.2) is 42.6 Å². The highest BCUT2D eigenvalue weighted by Crippen LogP contribution is 2.41. The Morgan fingerprint density at radius 3 is 2.54 bits per heavy atom. The fourth-order valence-electron chi connectivity index (χ4n) is 3.93. The summed E-state index contributed by atoms with van der Waals surface area (Å²) in [5, 5.41) is 9.39. The molecule has 1 N–H and O–H groups in total. The van der Waals surface area contributed by atoms with E-state index in [1.165, 1.54) is 23.4 Å². The summed E-state index contributed by atoms with van der Waals surface area (Å²) in [6, 6.07) is 10.9. The summed E-state index contributed by atoms with van der Waals surface area (Å²) in [6.07, 6.45) is 3.23. The number of nitrogens with zero attached hydrogens (tertiary/aromatic N) is 2. The second kappa shape index (κ2) is 6.89. The molecule has 4 rings (SSSR count). The van der Waals surface area contributed by atoms with Gasteiger partial charge in [-0.05, 0) is 67.6 Å². The molecule has 0 spiro atoms. The maximum absolute atomic E-state index is 13.5. The Morgan fingerprint density at radius 2 is 1.89 bits per heavy atom. The minimum atomic E-state index is -2.14. The van der Waals surface area contributed by atoms with Crippen molar-refractivity contribution in [1.82, 2.24) is 14.8 Å². The predicted octanol–water partition coefficient (Wildman–Crippen LogP) is 5.93. The van der Waals surface area contributed by atoms with E-state index in [2.05, 4.69) is 40.7 Å². The minimum Gasteiger partial charge on any atom is -0.324 e. The number of benzene rings is 2. The van der Waals surface area contributed by atoms with Gasteiger partial charge in [-0.15, -0.1) is 0 Å². The van der Waals surface area contributed by atoms with Crippen molar-refractivity contribution < 1.29 is 8.96 Å². The van der Waals surface area contributed by atoms with E-state index in [1.54, 1.807) is 0 Å². The van der Waals surface area contributed by atoms with Gasteiger partial charge >= 0.3 is 0 Å². The van der Waals surface area contributed by atoms with Crippen LogP contribution in [0.1, 0.15) is 31.0 Å². The number of aromatic amines is 1. The van der Waals surface area contributed by atoms with Gasteiger partial charge in [-0.3, -0.25) is 5.10 Å². The fourth-order valence-corrected chi connectivity index (χ4v) is 4.69. The first-order chi connectivity index (χ1) is 13.2. The van der Waals surface area contributed by atoms with Crippen molar-refractivity contribution in [3.05, 3.63) is 59.7 Å². The van der Waals surface area contributed by atoms with Gasteiger partial charge in [-0.25, -0.2) is 4.39 Å². The van der Waals surface area contributed by atoms with Crippen LogP contribution in [0.25, 0.3) is 27.5 Å². The molecule has 0 radical (unpaired) electrons. The number of nitrogens with one attached hydrogen (secondary N) is 1. The average molecular weight is 397 g/mol. The lowest BCUT2D eigenvalue weighted by Gasteiger charge is -2.16.